The highest BCUT2D eigenvalue weighted by Crippen LogP contribution is 2.25. The molecule has 0 spiro atoms. The maximum absolute atomic E-state index is 5.63. The lowest BCUT2D eigenvalue weighted by atomic mass is 10.2. The third kappa shape index (κ3) is 4.44. The SMILES string of the molecule is CC(C)CNC(=S)N(Cc1ccncc1)C1CCCC1. The second-order valence-electron chi connectivity index (χ2n) is 6.00. The summed E-state index contributed by atoms with van der Waals surface area (Å²) < 4.78 is 0. The van der Waals surface area contributed by atoms with Gasteiger partial charge < -0.3 is 10.2 Å². The van der Waals surface area contributed by atoms with Crippen molar-refractivity contribution in [2.24, 2.45) is 5.92 Å². The molecule has 0 atom stereocenters. The van der Waals surface area contributed by atoms with Gasteiger partial charge in [0.25, 0.3) is 0 Å². The van der Waals surface area contributed by atoms with Crippen LogP contribution >= 0.6 is 12.2 Å². The van der Waals surface area contributed by atoms with E-state index in [1.54, 1.807) is 0 Å². The van der Waals surface area contributed by atoms with E-state index >= 15 is 0 Å². The van der Waals surface area contributed by atoms with Gasteiger partial charge in [-0.3, -0.25) is 4.98 Å². The molecule has 1 N–H and O–H groups in total. The molecule has 4 heteroatoms. The number of rotatable bonds is 5. The second-order valence-corrected chi connectivity index (χ2v) is 6.39. The van der Waals surface area contributed by atoms with Gasteiger partial charge in [0.1, 0.15) is 0 Å². The summed E-state index contributed by atoms with van der Waals surface area (Å²) in [6.45, 7) is 6.24. The van der Waals surface area contributed by atoms with E-state index in [0.717, 1.165) is 18.2 Å². The van der Waals surface area contributed by atoms with E-state index in [-0.39, 0.29) is 0 Å². The molecule has 0 aliphatic heterocycles. The fourth-order valence-electron chi connectivity index (χ4n) is 2.66. The second kappa shape index (κ2) is 7.58. The molecule has 1 aliphatic carbocycles. The highest BCUT2D eigenvalue weighted by Gasteiger charge is 2.24. The molecule has 0 aromatic carbocycles. The number of nitrogens with zero attached hydrogens (tertiary/aromatic N) is 2. The maximum Gasteiger partial charge on any atom is 0.169 e. The van der Waals surface area contributed by atoms with Crippen molar-refractivity contribution in [1.82, 2.24) is 15.2 Å². The van der Waals surface area contributed by atoms with Crippen LogP contribution in [0.25, 0.3) is 0 Å². The third-order valence-electron chi connectivity index (χ3n) is 3.79. The Balaban J connectivity index is 2.02. The average Bonchev–Trinajstić information content (AvgIpc) is 2.97. The zero-order chi connectivity index (χ0) is 14.4. The topological polar surface area (TPSA) is 28.2 Å². The number of hydrogen-bond donors (Lipinski definition) is 1. The van der Waals surface area contributed by atoms with E-state index < -0.39 is 0 Å². The highest BCUT2D eigenvalue weighted by molar-refractivity contribution is 7.80. The van der Waals surface area contributed by atoms with Crippen LogP contribution < -0.4 is 5.32 Å². The van der Waals surface area contributed by atoms with Crippen LogP contribution in [0.2, 0.25) is 0 Å². The van der Waals surface area contributed by atoms with Gasteiger partial charge >= 0.3 is 0 Å². The van der Waals surface area contributed by atoms with E-state index in [2.05, 4.69) is 41.2 Å². The van der Waals surface area contributed by atoms with Crippen molar-refractivity contribution in [3.05, 3.63) is 30.1 Å². The van der Waals surface area contributed by atoms with E-state index in [0.29, 0.717) is 12.0 Å². The molecule has 2 rings (SSSR count). The van der Waals surface area contributed by atoms with Crippen LogP contribution in [0.3, 0.4) is 0 Å². The number of aromatic nitrogens is 1. The lowest BCUT2D eigenvalue weighted by Gasteiger charge is -2.32. The predicted molar refractivity (Wildman–Crippen MR) is 87.5 cm³/mol. The van der Waals surface area contributed by atoms with Crippen molar-refractivity contribution in [1.29, 1.82) is 0 Å². The summed E-state index contributed by atoms with van der Waals surface area (Å²) in [6.07, 6.45) is 8.87. The Morgan fingerprint density at radius 1 is 1.35 bits per heavy atom. The van der Waals surface area contributed by atoms with Crippen LogP contribution in [0.15, 0.2) is 24.5 Å². The van der Waals surface area contributed by atoms with E-state index in [9.17, 15) is 0 Å². The summed E-state index contributed by atoms with van der Waals surface area (Å²) >= 11 is 5.63. The number of hydrogen-bond acceptors (Lipinski definition) is 2. The smallest absolute Gasteiger partial charge is 0.169 e. The molecule has 0 radical (unpaired) electrons. The quantitative estimate of drug-likeness (QED) is 0.842. The Morgan fingerprint density at radius 3 is 2.60 bits per heavy atom. The predicted octanol–water partition coefficient (Wildman–Crippen LogP) is 3.36. The third-order valence-corrected chi connectivity index (χ3v) is 4.17. The minimum absolute atomic E-state index is 0.593. The molecule has 1 aliphatic rings. The van der Waals surface area contributed by atoms with Crippen molar-refractivity contribution in [3.63, 3.8) is 0 Å². The fourth-order valence-corrected chi connectivity index (χ4v) is 2.96. The van der Waals surface area contributed by atoms with Crippen LogP contribution in [-0.4, -0.2) is 27.6 Å². The molecule has 0 bridgehead atoms. The van der Waals surface area contributed by atoms with Gasteiger partial charge in [0, 0.05) is 31.5 Å². The first kappa shape index (κ1) is 15.2. The van der Waals surface area contributed by atoms with E-state index in [1.807, 2.05) is 12.4 Å². The molecule has 1 heterocycles. The van der Waals surface area contributed by atoms with Crippen LogP contribution in [0.1, 0.15) is 45.1 Å². The molecule has 0 unspecified atom stereocenters. The zero-order valence-electron chi connectivity index (χ0n) is 12.5. The van der Waals surface area contributed by atoms with Gasteiger partial charge in [0.15, 0.2) is 5.11 Å². The first-order chi connectivity index (χ1) is 9.66. The normalized spacial score (nSPS) is 15.6. The number of pyridine rings is 1. The molecule has 1 aromatic rings. The lowest BCUT2D eigenvalue weighted by Crippen LogP contribution is -2.45. The molecule has 1 saturated carbocycles. The maximum atomic E-state index is 5.63. The Bertz CT molecular complexity index is 413. The van der Waals surface area contributed by atoms with Gasteiger partial charge in [-0.2, -0.15) is 0 Å². The molecule has 0 saturated heterocycles. The fraction of sp³-hybridized carbons (Fsp3) is 0.625. The summed E-state index contributed by atoms with van der Waals surface area (Å²) in [5.41, 5.74) is 1.28. The van der Waals surface area contributed by atoms with Gasteiger partial charge in [-0.05, 0) is 48.7 Å². The van der Waals surface area contributed by atoms with E-state index in [1.165, 1.54) is 31.2 Å². The van der Waals surface area contributed by atoms with Crippen molar-refractivity contribution in [2.75, 3.05) is 6.54 Å². The van der Waals surface area contributed by atoms with Gasteiger partial charge in [-0.25, -0.2) is 0 Å². The molecule has 3 nitrogen and oxygen atoms in total. The summed E-state index contributed by atoms with van der Waals surface area (Å²) in [5.74, 6) is 0.610. The zero-order valence-corrected chi connectivity index (χ0v) is 13.3. The van der Waals surface area contributed by atoms with Crippen LogP contribution in [0.4, 0.5) is 0 Å². The van der Waals surface area contributed by atoms with Crippen LogP contribution in [0.5, 0.6) is 0 Å². The van der Waals surface area contributed by atoms with Gasteiger partial charge in [0.05, 0.1) is 0 Å². The summed E-state index contributed by atoms with van der Waals surface area (Å²) in [6, 6.07) is 4.75. The monoisotopic (exact) mass is 291 g/mol. The first-order valence-corrected chi connectivity index (χ1v) is 8.01. The van der Waals surface area contributed by atoms with Crippen molar-refractivity contribution in [2.45, 2.75) is 52.1 Å². The number of nitrogens with one attached hydrogen (secondary N) is 1. The molecule has 1 fully saturated rings. The number of thiocarbonyl (C=S) groups is 1. The summed E-state index contributed by atoms with van der Waals surface area (Å²) in [7, 11) is 0. The minimum atomic E-state index is 0.593. The standard InChI is InChI=1S/C16H25N3S/c1-13(2)11-18-16(20)19(15-5-3-4-6-15)12-14-7-9-17-10-8-14/h7-10,13,15H,3-6,11-12H2,1-2H3,(H,18,20). The Morgan fingerprint density at radius 2 is 2.00 bits per heavy atom. The van der Waals surface area contributed by atoms with Gasteiger partial charge in [-0.1, -0.05) is 26.7 Å². The molecule has 1 aromatic heterocycles. The largest absolute Gasteiger partial charge is 0.362 e. The highest BCUT2D eigenvalue weighted by atomic mass is 32.1. The molecule has 20 heavy (non-hydrogen) atoms. The Kier molecular flexibility index (Phi) is 5.77. The van der Waals surface area contributed by atoms with E-state index in [4.69, 9.17) is 12.2 Å². The van der Waals surface area contributed by atoms with Gasteiger partial charge in [0.2, 0.25) is 0 Å². The molecule has 110 valence electrons. The lowest BCUT2D eigenvalue weighted by molar-refractivity contribution is 0.302. The Hall–Kier alpha value is -1.16. The summed E-state index contributed by atoms with van der Waals surface area (Å²) in [5, 5.41) is 4.33. The summed E-state index contributed by atoms with van der Waals surface area (Å²) in [4.78, 5) is 6.46. The molecular formula is C16H25N3S. The average molecular weight is 291 g/mol. The minimum Gasteiger partial charge on any atom is -0.362 e. The van der Waals surface area contributed by atoms with Crippen molar-refractivity contribution < 1.29 is 0 Å². The van der Waals surface area contributed by atoms with Crippen molar-refractivity contribution in [3.8, 4) is 0 Å². The van der Waals surface area contributed by atoms with Gasteiger partial charge in [-0.15, -0.1) is 0 Å². The molecular weight excluding hydrogens is 266 g/mol. The van der Waals surface area contributed by atoms with Crippen molar-refractivity contribution >= 4 is 17.3 Å². The first-order valence-electron chi connectivity index (χ1n) is 7.60. The van der Waals surface area contributed by atoms with Crippen LogP contribution in [0, 0.1) is 5.92 Å². The van der Waals surface area contributed by atoms with Crippen LogP contribution in [-0.2, 0) is 6.54 Å². The molecule has 0 amide bonds. The Labute approximate surface area is 127 Å².